The highest BCUT2D eigenvalue weighted by atomic mass is 32.2. The minimum Gasteiger partial charge on any atom is -0.465 e. The van der Waals surface area contributed by atoms with Crippen LogP contribution in [-0.4, -0.2) is 15.5 Å². The van der Waals surface area contributed by atoms with E-state index in [1.54, 1.807) is 19.1 Å². The molecule has 0 fully saturated rings. The predicted molar refractivity (Wildman–Crippen MR) is 79.3 cm³/mol. The number of thiophene rings is 1. The number of furan rings is 1. The van der Waals surface area contributed by atoms with Crippen molar-refractivity contribution in [2.75, 3.05) is 7.05 Å². The van der Waals surface area contributed by atoms with Crippen LogP contribution in [0.1, 0.15) is 29.4 Å². The van der Waals surface area contributed by atoms with Crippen molar-refractivity contribution < 1.29 is 12.8 Å². The minimum absolute atomic E-state index is 0.317. The van der Waals surface area contributed by atoms with Crippen LogP contribution in [0, 0.1) is 6.92 Å². The van der Waals surface area contributed by atoms with Gasteiger partial charge in [-0.2, -0.15) is 0 Å². The van der Waals surface area contributed by atoms with Gasteiger partial charge in [0.1, 0.15) is 15.7 Å². The molecule has 2 aromatic heterocycles. The van der Waals surface area contributed by atoms with E-state index in [1.807, 2.05) is 26.1 Å². The SMILES string of the molecule is CNCc1ccc(S(=O)(=O)NC(C)c2ccc(C)o2)s1. The molecule has 2 heterocycles. The quantitative estimate of drug-likeness (QED) is 0.859. The third kappa shape index (κ3) is 3.49. The fourth-order valence-corrected chi connectivity index (χ4v) is 4.40. The number of hydrogen-bond acceptors (Lipinski definition) is 5. The lowest BCUT2D eigenvalue weighted by molar-refractivity contribution is 0.441. The van der Waals surface area contributed by atoms with Gasteiger partial charge in [-0.15, -0.1) is 11.3 Å². The molecule has 0 aliphatic rings. The molecule has 110 valence electrons. The largest absolute Gasteiger partial charge is 0.465 e. The zero-order chi connectivity index (χ0) is 14.8. The average molecular weight is 314 g/mol. The summed E-state index contributed by atoms with van der Waals surface area (Å²) in [4.78, 5) is 0.981. The molecule has 0 spiro atoms. The van der Waals surface area contributed by atoms with Crippen LogP contribution in [0.4, 0.5) is 0 Å². The summed E-state index contributed by atoms with van der Waals surface area (Å²) in [7, 11) is -1.69. The number of aryl methyl sites for hydroxylation is 1. The molecule has 0 radical (unpaired) electrons. The Morgan fingerprint density at radius 3 is 2.65 bits per heavy atom. The zero-order valence-electron chi connectivity index (χ0n) is 11.6. The molecule has 20 heavy (non-hydrogen) atoms. The predicted octanol–water partition coefficient (Wildman–Crippen LogP) is 2.41. The summed E-state index contributed by atoms with van der Waals surface area (Å²) in [5.74, 6) is 1.37. The molecule has 0 saturated heterocycles. The normalized spacial score (nSPS) is 13.6. The molecule has 1 atom stereocenters. The Morgan fingerprint density at radius 2 is 2.05 bits per heavy atom. The average Bonchev–Trinajstić information content (AvgIpc) is 2.98. The highest BCUT2D eigenvalue weighted by molar-refractivity contribution is 7.91. The zero-order valence-corrected chi connectivity index (χ0v) is 13.3. The van der Waals surface area contributed by atoms with Crippen molar-refractivity contribution >= 4 is 21.4 Å². The molecule has 2 rings (SSSR count). The Morgan fingerprint density at radius 1 is 1.30 bits per heavy atom. The summed E-state index contributed by atoms with van der Waals surface area (Å²) in [6.45, 7) is 4.25. The number of nitrogens with one attached hydrogen (secondary N) is 2. The molecule has 2 N–H and O–H groups in total. The molecule has 7 heteroatoms. The molecule has 0 aromatic carbocycles. The van der Waals surface area contributed by atoms with Crippen LogP contribution in [0.25, 0.3) is 0 Å². The standard InChI is InChI=1S/C13H18N2O3S2/c1-9-4-6-12(18-9)10(2)15-20(16,17)13-7-5-11(19-13)8-14-3/h4-7,10,14-15H,8H2,1-3H3. The van der Waals surface area contributed by atoms with Gasteiger partial charge in [-0.3, -0.25) is 0 Å². The second-order valence-electron chi connectivity index (χ2n) is 4.54. The summed E-state index contributed by atoms with van der Waals surface area (Å²) in [6, 6.07) is 6.64. The third-order valence-electron chi connectivity index (χ3n) is 2.77. The van der Waals surface area contributed by atoms with Crippen LogP contribution in [0.5, 0.6) is 0 Å². The first kappa shape index (κ1) is 15.2. The molecule has 0 bridgehead atoms. The van der Waals surface area contributed by atoms with Crippen molar-refractivity contribution in [3.8, 4) is 0 Å². The van der Waals surface area contributed by atoms with Gasteiger partial charge in [0.05, 0.1) is 6.04 Å². The molecular formula is C13H18N2O3S2. The van der Waals surface area contributed by atoms with Crippen molar-refractivity contribution in [3.05, 3.63) is 40.7 Å². The number of sulfonamides is 1. The Labute approximate surface area is 123 Å². The lowest BCUT2D eigenvalue weighted by atomic mass is 10.3. The van der Waals surface area contributed by atoms with Crippen molar-refractivity contribution in [1.82, 2.24) is 10.0 Å². The van der Waals surface area contributed by atoms with E-state index in [-0.39, 0.29) is 0 Å². The summed E-state index contributed by atoms with van der Waals surface area (Å²) < 4.78 is 32.9. The van der Waals surface area contributed by atoms with Crippen LogP contribution in [0.3, 0.4) is 0 Å². The van der Waals surface area contributed by atoms with E-state index in [1.165, 1.54) is 11.3 Å². The summed E-state index contributed by atoms with van der Waals surface area (Å²) >= 11 is 1.26. The Hall–Kier alpha value is -1.15. The van der Waals surface area contributed by atoms with Crippen molar-refractivity contribution in [3.63, 3.8) is 0 Å². The fraction of sp³-hybridized carbons (Fsp3) is 0.385. The Balaban J connectivity index is 2.13. The summed E-state index contributed by atoms with van der Waals surface area (Å²) in [6.07, 6.45) is 0. The first-order chi connectivity index (χ1) is 9.42. The lowest BCUT2D eigenvalue weighted by Gasteiger charge is -2.10. The number of rotatable bonds is 6. The van der Waals surface area contributed by atoms with Gasteiger partial charge in [-0.25, -0.2) is 13.1 Å². The van der Waals surface area contributed by atoms with Gasteiger partial charge in [0.2, 0.25) is 0 Å². The molecule has 1 unspecified atom stereocenters. The van der Waals surface area contributed by atoms with Crippen molar-refractivity contribution in [1.29, 1.82) is 0 Å². The van der Waals surface area contributed by atoms with E-state index in [9.17, 15) is 8.42 Å². The summed E-state index contributed by atoms with van der Waals surface area (Å²) in [5, 5.41) is 3.00. The molecule has 5 nitrogen and oxygen atoms in total. The topological polar surface area (TPSA) is 71.3 Å². The molecule has 0 amide bonds. The Kier molecular flexibility index (Phi) is 4.64. The lowest BCUT2D eigenvalue weighted by Crippen LogP contribution is -2.25. The third-order valence-corrected chi connectivity index (χ3v) is 5.89. The van der Waals surface area contributed by atoms with Crippen LogP contribution in [0.2, 0.25) is 0 Å². The maximum atomic E-state index is 12.3. The van der Waals surface area contributed by atoms with E-state index in [0.717, 1.165) is 10.6 Å². The smallest absolute Gasteiger partial charge is 0.250 e. The first-order valence-corrected chi connectivity index (χ1v) is 8.54. The van der Waals surface area contributed by atoms with Gasteiger partial charge in [-0.1, -0.05) is 0 Å². The first-order valence-electron chi connectivity index (χ1n) is 6.24. The van der Waals surface area contributed by atoms with Gasteiger partial charge in [0.25, 0.3) is 10.0 Å². The Bertz CT molecular complexity index is 673. The van der Waals surface area contributed by atoms with Crippen LogP contribution >= 0.6 is 11.3 Å². The van der Waals surface area contributed by atoms with Crippen LogP contribution < -0.4 is 10.0 Å². The van der Waals surface area contributed by atoms with Gasteiger partial charge < -0.3 is 9.73 Å². The maximum Gasteiger partial charge on any atom is 0.250 e. The molecule has 0 aliphatic carbocycles. The number of hydrogen-bond donors (Lipinski definition) is 2. The highest BCUT2D eigenvalue weighted by Gasteiger charge is 2.21. The van der Waals surface area contributed by atoms with Crippen LogP contribution in [-0.2, 0) is 16.6 Å². The van der Waals surface area contributed by atoms with Gasteiger partial charge >= 0.3 is 0 Å². The molecular weight excluding hydrogens is 296 g/mol. The summed E-state index contributed by atoms with van der Waals surface area (Å²) in [5.41, 5.74) is 0. The fourth-order valence-electron chi connectivity index (χ4n) is 1.81. The molecule has 2 aromatic rings. The molecule has 0 aliphatic heterocycles. The van der Waals surface area contributed by atoms with Crippen molar-refractivity contribution in [2.45, 2.75) is 30.6 Å². The van der Waals surface area contributed by atoms with E-state index in [0.29, 0.717) is 16.5 Å². The monoisotopic (exact) mass is 314 g/mol. The van der Waals surface area contributed by atoms with E-state index >= 15 is 0 Å². The van der Waals surface area contributed by atoms with Gasteiger partial charge in [0, 0.05) is 11.4 Å². The van der Waals surface area contributed by atoms with E-state index < -0.39 is 16.1 Å². The second kappa shape index (κ2) is 6.09. The van der Waals surface area contributed by atoms with E-state index in [2.05, 4.69) is 10.0 Å². The highest BCUT2D eigenvalue weighted by Crippen LogP contribution is 2.24. The molecule has 0 saturated carbocycles. The van der Waals surface area contributed by atoms with Gasteiger partial charge in [-0.05, 0) is 45.2 Å². The van der Waals surface area contributed by atoms with E-state index in [4.69, 9.17) is 4.42 Å². The second-order valence-corrected chi connectivity index (χ2v) is 7.65. The van der Waals surface area contributed by atoms with Gasteiger partial charge in [0.15, 0.2) is 0 Å². The van der Waals surface area contributed by atoms with Crippen LogP contribution in [0.15, 0.2) is 32.9 Å². The van der Waals surface area contributed by atoms with Crippen molar-refractivity contribution in [2.24, 2.45) is 0 Å². The minimum atomic E-state index is -3.52. The maximum absolute atomic E-state index is 12.3.